The second-order valence-electron chi connectivity index (χ2n) is 7.42. The van der Waals surface area contributed by atoms with Crippen molar-refractivity contribution in [2.24, 2.45) is 11.7 Å². The SMILES string of the molecule is CC(C)C[C@@H](Nc1nc(-c2coc3ccccc23)c2c(O)[nH]cc2c1F)C(N)=O. The fraction of sp³-hybridized carbons (Fsp3) is 0.238. The van der Waals surface area contributed by atoms with Gasteiger partial charge in [-0.05, 0) is 18.4 Å². The minimum Gasteiger partial charge on any atom is -0.494 e. The monoisotopic (exact) mass is 396 g/mol. The molecule has 3 heterocycles. The molecular formula is C21H21FN4O3. The smallest absolute Gasteiger partial charge is 0.239 e. The van der Waals surface area contributed by atoms with Crippen LogP contribution in [0.15, 0.2) is 41.1 Å². The van der Waals surface area contributed by atoms with Gasteiger partial charge in [0.1, 0.15) is 17.9 Å². The zero-order valence-electron chi connectivity index (χ0n) is 16.0. The first kappa shape index (κ1) is 18.8. The van der Waals surface area contributed by atoms with E-state index >= 15 is 4.39 Å². The Kier molecular flexibility index (Phi) is 4.62. The predicted molar refractivity (Wildman–Crippen MR) is 109 cm³/mol. The number of aromatic nitrogens is 2. The van der Waals surface area contributed by atoms with Crippen molar-refractivity contribution in [3.63, 3.8) is 0 Å². The molecule has 1 amide bonds. The van der Waals surface area contributed by atoms with Gasteiger partial charge in [-0.3, -0.25) is 4.79 Å². The topological polar surface area (TPSA) is 117 Å². The van der Waals surface area contributed by atoms with Gasteiger partial charge < -0.3 is 25.6 Å². The fourth-order valence-electron chi connectivity index (χ4n) is 3.50. The van der Waals surface area contributed by atoms with Crippen LogP contribution < -0.4 is 11.1 Å². The molecule has 0 spiro atoms. The number of fused-ring (bicyclic) bond motifs is 2. The Labute approximate surface area is 165 Å². The number of nitrogens with one attached hydrogen (secondary N) is 2. The predicted octanol–water partition coefficient (Wildman–Crippen LogP) is 4.13. The minimum absolute atomic E-state index is 0.110. The van der Waals surface area contributed by atoms with Crippen molar-refractivity contribution in [3.05, 3.63) is 42.5 Å². The number of carbonyl (C=O) groups excluding carboxylic acids is 1. The zero-order chi connectivity index (χ0) is 20.7. The molecule has 29 heavy (non-hydrogen) atoms. The third kappa shape index (κ3) is 3.26. The maximum absolute atomic E-state index is 15.1. The van der Waals surface area contributed by atoms with E-state index in [1.165, 1.54) is 12.5 Å². The second-order valence-corrected chi connectivity index (χ2v) is 7.42. The number of nitrogens with zero attached hydrogens (tertiary/aromatic N) is 1. The Morgan fingerprint density at radius 2 is 2.10 bits per heavy atom. The number of pyridine rings is 1. The van der Waals surface area contributed by atoms with E-state index < -0.39 is 17.8 Å². The van der Waals surface area contributed by atoms with E-state index in [1.807, 2.05) is 32.0 Å². The van der Waals surface area contributed by atoms with Crippen LogP contribution in [-0.4, -0.2) is 27.0 Å². The number of rotatable bonds is 6. The number of carbonyl (C=O) groups is 1. The Morgan fingerprint density at radius 3 is 2.83 bits per heavy atom. The largest absolute Gasteiger partial charge is 0.494 e. The molecule has 0 fully saturated rings. The van der Waals surface area contributed by atoms with E-state index in [9.17, 15) is 9.90 Å². The Hall–Kier alpha value is -3.55. The molecule has 3 aromatic heterocycles. The van der Waals surface area contributed by atoms with Crippen LogP contribution in [-0.2, 0) is 4.79 Å². The lowest BCUT2D eigenvalue weighted by molar-refractivity contribution is -0.119. The van der Waals surface area contributed by atoms with Gasteiger partial charge in [-0.1, -0.05) is 32.0 Å². The van der Waals surface area contributed by atoms with Gasteiger partial charge in [0, 0.05) is 22.5 Å². The summed E-state index contributed by atoms with van der Waals surface area (Å²) < 4.78 is 20.7. The van der Waals surface area contributed by atoms with E-state index in [1.54, 1.807) is 6.07 Å². The van der Waals surface area contributed by atoms with Crippen LogP contribution in [0, 0.1) is 11.7 Å². The lowest BCUT2D eigenvalue weighted by atomic mass is 10.0. The lowest BCUT2D eigenvalue weighted by Crippen LogP contribution is -2.37. The molecule has 0 saturated heterocycles. The molecule has 0 aliphatic heterocycles. The minimum atomic E-state index is -0.782. The van der Waals surface area contributed by atoms with Crippen molar-refractivity contribution in [2.45, 2.75) is 26.3 Å². The molecule has 0 unspecified atom stereocenters. The number of benzene rings is 1. The zero-order valence-corrected chi connectivity index (χ0v) is 16.0. The first-order valence-electron chi connectivity index (χ1n) is 9.28. The van der Waals surface area contributed by atoms with E-state index in [-0.39, 0.29) is 28.4 Å². The normalized spacial score (nSPS) is 12.7. The van der Waals surface area contributed by atoms with Crippen LogP contribution in [0.5, 0.6) is 5.88 Å². The van der Waals surface area contributed by atoms with Gasteiger partial charge in [-0.15, -0.1) is 0 Å². The molecule has 8 heteroatoms. The number of halogens is 1. The molecule has 5 N–H and O–H groups in total. The maximum Gasteiger partial charge on any atom is 0.239 e. The number of H-pyrrole nitrogens is 1. The molecule has 150 valence electrons. The summed E-state index contributed by atoms with van der Waals surface area (Å²) in [6.45, 7) is 3.88. The van der Waals surface area contributed by atoms with Gasteiger partial charge in [0.25, 0.3) is 0 Å². The number of para-hydroxylation sites is 1. The molecule has 0 aliphatic carbocycles. The number of aromatic hydroxyl groups is 1. The summed E-state index contributed by atoms with van der Waals surface area (Å²) in [5.74, 6) is -1.41. The van der Waals surface area contributed by atoms with Gasteiger partial charge in [0.05, 0.1) is 11.1 Å². The molecule has 1 aromatic carbocycles. The van der Waals surface area contributed by atoms with E-state index in [0.717, 1.165) is 5.39 Å². The van der Waals surface area contributed by atoms with Gasteiger partial charge in [-0.2, -0.15) is 0 Å². The highest BCUT2D eigenvalue weighted by Gasteiger charge is 2.25. The molecule has 1 atom stereocenters. The maximum atomic E-state index is 15.1. The summed E-state index contributed by atoms with van der Waals surface area (Å²) in [5.41, 5.74) is 7.07. The van der Waals surface area contributed by atoms with Gasteiger partial charge in [-0.25, -0.2) is 9.37 Å². The lowest BCUT2D eigenvalue weighted by Gasteiger charge is -2.19. The number of hydrogen-bond donors (Lipinski definition) is 4. The average molecular weight is 396 g/mol. The van der Waals surface area contributed by atoms with Crippen molar-refractivity contribution in [1.82, 2.24) is 9.97 Å². The molecule has 7 nitrogen and oxygen atoms in total. The Morgan fingerprint density at radius 1 is 1.34 bits per heavy atom. The van der Waals surface area contributed by atoms with E-state index in [4.69, 9.17) is 10.2 Å². The molecular weight excluding hydrogens is 375 g/mol. The van der Waals surface area contributed by atoms with Crippen molar-refractivity contribution in [1.29, 1.82) is 0 Å². The van der Waals surface area contributed by atoms with Crippen molar-refractivity contribution < 1.29 is 18.7 Å². The summed E-state index contributed by atoms with van der Waals surface area (Å²) in [4.78, 5) is 18.9. The summed E-state index contributed by atoms with van der Waals surface area (Å²) in [6, 6.07) is 6.57. The van der Waals surface area contributed by atoms with Crippen LogP contribution in [0.4, 0.5) is 10.2 Å². The second kappa shape index (κ2) is 7.12. The van der Waals surface area contributed by atoms with Crippen LogP contribution in [0.3, 0.4) is 0 Å². The number of anilines is 1. The third-order valence-corrected chi connectivity index (χ3v) is 4.86. The van der Waals surface area contributed by atoms with Gasteiger partial charge >= 0.3 is 0 Å². The van der Waals surface area contributed by atoms with Gasteiger partial charge in [0.15, 0.2) is 17.5 Å². The summed E-state index contributed by atoms with van der Waals surface area (Å²) in [5, 5.41) is 14.3. The van der Waals surface area contributed by atoms with Crippen molar-refractivity contribution in [2.75, 3.05) is 5.32 Å². The summed E-state index contributed by atoms with van der Waals surface area (Å²) in [6.07, 6.45) is 3.30. The average Bonchev–Trinajstić information content (AvgIpc) is 3.27. The summed E-state index contributed by atoms with van der Waals surface area (Å²) in [7, 11) is 0. The highest BCUT2D eigenvalue weighted by molar-refractivity contribution is 6.06. The van der Waals surface area contributed by atoms with Crippen molar-refractivity contribution in [3.8, 4) is 17.1 Å². The van der Waals surface area contributed by atoms with Crippen molar-refractivity contribution >= 4 is 33.5 Å². The number of furan rings is 1. The third-order valence-electron chi connectivity index (χ3n) is 4.86. The van der Waals surface area contributed by atoms with Gasteiger partial charge in [0.2, 0.25) is 5.91 Å². The van der Waals surface area contributed by atoms with Crippen LogP contribution in [0.1, 0.15) is 20.3 Å². The number of nitrogens with two attached hydrogens (primary N) is 1. The molecule has 4 aromatic rings. The first-order valence-corrected chi connectivity index (χ1v) is 9.28. The number of primary amides is 1. The Bertz CT molecular complexity index is 1210. The Balaban J connectivity index is 1.92. The molecule has 0 bridgehead atoms. The van der Waals surface area contributed by atoms with Crippen LogP contribution in [0.25, 0.3) is 33.0 Å². The molecule has 0 aliphatic rings. The number of amides is 1. The van der Waals surface area contributed by atoms with Crippen LogP contribution in [0.2, 0.25) is 0 Å². The number of aromatic amines is 1. The molecule has 4 rings (SSSR count). The summed E-state index contributed by atoms with van der Waals surface area (Å²) >= 11 is 0. The highest BCUT2D eigenvalue weighted by Crippen LogP contribution is 2.40. The van der Waals surface area contributed by atoms with Crippen LogP contribution >= 0.6 is 0 Å². The standard InChI is InChI=1S/C21H21FN4O3/c1-10(2)7-14(19(23)27)25-20-17(22)12-8-24-21(28)16(12)18(26-20)13-9-29-15-6-4-3-5-11(13)15/h3-6,8-10,14,24-25,28H,7H2,1-2H3,(H2,23,27)/t14-/m1/s1. The number of hydrogen-bond acceptors (Lipinski definition) is 5. The quantitative estimate of drug-likeness (QED) is 0.391. The van der Waals surface area contributed by atoms with E-state index in [2.05, 4.69) is 15.3 Å². The molecule has 0 saturated carbocycles. The first-order chi connectivity index (χ1) is 13.9. The highest BCUT2D eigenvalue weighted by atomic mass is 19.1. The van der Waals surface area contributed by atoms with E-state index in [0.29, 0.717) is 23.3 Å². The molecule has 0 radical (unpaired) electrons. The fourth-order valence-corrected chi connectivity index (χ4v) is 3.50.